The number of rotatable bonds is 4. The topological polar surface area (TPSA) is 45.2 Å². The van der Waals surface area contributed by atoms with Gasteiger partial charge in [-0.15, -0.1) is 11.3 Å². The van der Waals surface area contributed by atoms with E-state index < -0.39 is 0 Å². The van der Waals surface area contributed by atoms with E-state index in [9.17, 15) is 4.79 Å². The summed E-state index contributed by atoms with van der Waals surface area (Å²) >= 11 is 3.27. The molecule has 3 aromatic rings. The summed E-state index contributed by atoms with van der Waals surface area (Å²) in [4.78, 5) is 22.3. The van der Waals surface area contributed by atoms with Crippen molar-refractivity contribution in [3.8, 4) is 0 Å². The van der Waals surface area contributed by atoms with Crippen LogP contribution in [0.3, 0.4) is 0 Å². The van der Waals surface area contributed by atoms with Gasteiger partial charge in [0.25, 0.3) is 0 Å². The first-order valence-electron chi connectivity index (χ1n) is 8.06. The molecule has 25 heavy (non-hydrogen) atoms. The van der Waals surface area contributed by atoms with Crippen LogP contribution in [0, 0.1) is 6.92 Å². The van der Waals surface area contributed by atoms with Crippen molar-refractivity contribution in [1.29, 1.82) is 0 Å². The van der Waals surface area contributed by atoms with Gasteiger partial charge in [-0.25, -0.2) is 4.98 Å². The number of benzene rings is 2. The minimum absolute atomic E-state index is 0.0115. The van der Waals surface area contributed by atoms with Gasteiger partial charge in [0, 0.05) is 33.8 Å². The number of thiazole rings is 1. The zero-order valence-corrected chi connectivity index (χ0v) is 15.4. The molecule has 2 aromatic carbocycles. The van der Waals surface area contributed by atoms with E-state index in [2.05, 4.69) is 51.6 Å². The third-order valence-electron chi connectivity index (χ3n) is 3.96. The fraction of sp³-hybridized carbons (Fsp3) is 0.158. The number of carbonyl (C=O) groups excluding carboxylic acids is 1. The number of aryl methyl sites for hydroxylation is 1. The largest absolute Gasteiger partial charge is 0.339 e. The summed E-state index contributed by atoms with van der Waals surface area (Å²) in [7, 11) is 0. The molecular weight excluding hydrogens is 350 g/mol. The van der Waals surface area contributed by atoms with Gasteiger partial charge < -0.3 is 10.2 Å². The molecule has 1 N–H and O–H groups in total. The first-order valence-corrected chi connectivity index (χ1v) is 9.70. The van der Waals surface area contributed by atoms with Gasteiger partial charge in [0.2, 0.25) is 5.91 Å². The van der Waals surface area contributed by atoms with Gasteiger partial charge >= 0.3 is 0 Å². The van der Waals surface area contributed by atoms with Crippen LogP contribution in [0.5, 0.6) is 0 Å². The average molecular weight is 367 g/mol. The van der Waals surface area contributed by atoms with Crippen molar-refractivity contribution in [3.05, 3.63) is 59.6 Å². The molecule has 0 aliphatic carbocycles. The molecule has 1 aromatic heterocycles. The summed E-state index contributed by atoms with van der Waals surface area (Å²) in [6.45, 7) is 2.61. The van der Waals surface area contributed by atoms with Crippen LogP contribution in [0.4, 0.5) is 16.5 Å². The van der Waals surface area contributed by atoms with Crippen LogP contribution in [-0.4, -0.2) is 17.4 Å². The molecule has 126 valence electrons. The number of nitrogens with zero attached hydrogens (tertiary/aromatic N) is 2. The van der Waals surface area contributed by atoms with Gasteiger partial charge in [-0.2, -0.15) is 0 Å². The number of para-hydroxylation sites is 2. The molecule has 0 bridgehead atoms. The SMILES string of the molecule is Cc1cnc(NC(=O)CCN2c3ccccc3Sc3ccccc32)s1. The number of amides is 1. The van der Waals surface area contributed by atoms with Crippen LogP contribution in [0.15, 0.2) is 64.5 Å². The van der Waals surface area contributed by atoms with Crippen molar-refractivity contribution in [2.24, 2.45) is 0 Å². The number of aromatic nitrogens is 1. The summed E-state index contributed by atoms with van der Waals surface area (Å²) in [6, 6.07) is 16.7. The zero-order chi connectivity index (χ0) is 17.2. The van der Waals surface area contributed by atoms with Crippen molar-refractivity contribution in [2.75, 3.05) is 16.8 Å². The number of nitrogens with one attached hydrogen (secondary N) is 1. The monoisotopic (exact) mass is 367 g/mol. The maximum absolute atomic E-state index is 12.3. The van der Waals surface area contributed by atoms with E-state index in [0.29, 0.717) is 18.1 Å². The van der Waals surface area contributed by atoms with Crippen LogP contribution in [0.1, 0.15) is 11.3 Å². The van der Waals surface area contributed by atoms with Gasteiger partial charge in [0.05, 0.1) is 11.4 Å². The highest BCUT2D eigenvalue weighted by Gasteiger charge is 2.23. The lowest BCUT2D eigenvalue weighted by Crippen LogP contribution is -2.25. The third kappa shape index (κ3) is 3.41. The van der Waals surface area contributed by atoms with E-state index in [0.717, 1.165) is 16.3 Å². The van der Waals surface area contributed by atoms with E-state index in [1.54, 1.807) is 18.0 Å². The van der Waals surface area contributed by atoms with Crippen LogP contribution in [-0.2, 0) is 4.79 Å². The predicted molar refractivity (Wildman–Crippen MR) is 104 cm³/mol. The molecule has 4 rings (SSSR count). The summed E-state index contributed by atoms with van der Waals surface area (Å²) in [6.07, 6.45) is 2.18. The Morgan fingerprint density at radius 1 is 1.08 bits per heavy atom. The Morgan fingerprint density at radius 3 is 2.32 bits per heavy atom. The second kappa shape index (κ2) is 6.90. The minimum atomic E-state index is -0.0115. The lowest BCUT2D eigenvalue weighted by Gasteiger charge is -2.32. The molecule has 0 saturated heterocycles. The lowest BCUT2D eigenvalue weighted by atomic mass is 10.2. The molecule has 0 saturated carbocycles. The Balaban J connectivity index is 1.53. The highest BCUT2D eigenvalue weighted by atomic mass is 32.2. The van der Waals surface area contributed by atoms with Gasteiger partial charge in [-0.05, 0) is 31.2 Å². The van der Waals surface area contributed by atoms with E-state index >= 15 is 0 Å². The summed E-state index contributed by atoms with van der Waals surface area (Å²) in [5.74, 6) is -0.0115. The first-order chi connectivity index (χ1) is 12.2. The van der Waals surface area contributed by atoms with Crippen LogP contribution in [0.25, 0.3) is 0 Å². The van der Waals surface area contributed by atoms with E-state index in [4.69, 9.17) is 0 Å². The van der Waals surface area contributed by atoms with Crippen LogP contribution in [0.2, 0.25) is 0 Å². The quantitative estimate of drug-likeness (QED) is 0.698. The Bertz CT molecular complexity index is 877. The maximum atomic E-state index is 12.3. The third-order valence-corrected chi connectivity index (χ3v) is 5.92. The predicted octanol–water partition coefficient (Wildman–Crippen LogP) is 5.08. The molecule has 1 aliphatic rings. The van der Waals surface area contributed by atoms with E-state index in [-0.39, 0.29) is 5.91 Å². The van der Waals surface area contributed by atoms with E-state index in [1.807, 2.05) is 19.1 Å². The fourth-order valence-corrected chi connectivity index (χ4v) is 4.61. The standard InChI is InChI=1S/C19H17N3OS2/c1-13-12-20-19(24-13)21-18(23)10-11-22-14-6-2-4-8-16(14)25-17-9-5-3-7-15(17)22/h2-9,12H,10-11H2,1H3,(H,20,21,23). The molecule has 1 aliphatic heterocycles. The molecule has 0 spiro atoms. The maximum Gasteiger partial charge on any atom is 0.227 e. The molecule has 0 fully saturated rings. The van der Waals surface area contributed by atoms with Crippen molar-refractivity contribution in [3.63, 3.8) is 0 Å². The Hall–Kier alpha value is -2.31. The normalized spacial score (nSPS) is 12.4. The van der Waals surface area contributed by atoms with Crippen LogP contribution >= 0.6 is 23.1 Å². The molecule has 2 heterocycles. The van der Waals surface area contributed by atoms with Gasteiger partial charge in [0.1, 0.15) is 0 Å². The highest BCUT2D eigenvalue weighted by Crippen LogP contribution is 2.47. The summed E-state index contributed by atoms with van der Waals surface area (Å²) in [5.41, 5.74) is 2.31. The molecule has 6 heteroatoms. The second-order valence-corrected chi connectivity index (χ2v) is 8.08. The first kappa shape index (κ1) is 16.2. The van der Waals surface area contributed by atoms with Gasteiger partial charge in [0.15, 0.2) is 5.13 Å². The van der Waals surface area contributed by atoms with Crippen molar-refractivity contribution in [1.82, 2.24) is 4.98 Å². The van der Waals surface area contributed by atoms with Crippen LogP contribution < -0.4 is 10.2 Å². The highest BCUT2D eigenvalue weighted by molar-refractivity contribution is 7.99. The Morgan fingerprint density at radius 2 is 1.72 bits per heavy atom. The van der Waals surface area contributed by atoms with Crippen molar-refractivity contribution < 1.29 is 4.79 Å². The summed E-state index contributed by atoms with van der Waals surface area (Å²) in [5, 5.41) is 3.55. The molecule has 0 unspecified atom stereocenters. The second-order valence-electron chi connectivity index (χ2n) is 5.76. The number of hydrogen-bond donors (Lipinski definition) is 1. The van der Waals surface area contributed by atoms with Gasteiger partial charge in [-0.3, -0.25) is 4.79 Å². The summed E-state index contributed by atoms with van der Waals surface area (Å²) < 4.78 is 0. The lowest BCUT2D eigenvalue weighted by molar-refractivity contribution is -0.116. The van der Waals surface area contributed by atoms with Crippen molar-refractivity contribution >= 4 is 45.5 Å². The number of anilines is 3. The molecular formula is C19H17N3OS2. The number of hydrogen-bond acceptors (Lipinski definition) is 5. The zero-order valence-electron chi connectivity index (χ0n) is 13.7. The smallest absolute Gasteiger partial charge is 0.227 e. The van der Waals surface area contributed by atoms with Gasteiger partial charge in [-0.1, -0.05) is 36.0 Å². The van der Waals surface area contributed by atoms with E-state index in [1.165, 1.54) is 21.1 Å². The number of carbonyl (C=O) groups is 1. The van der Waals surface area contributed by atoms with Crippen molar-refractivity contribution in [2.45, 2.75) is 23.1 Å². The molecule has 1 amide bonds. The Kier molecular flexibility index (Phi) is 4.46. The molecule has 0 radical (unpaired) electrons. The Labute approximate surface area is 154 Å². The minimum Gasteiger partial charge on any atom is -0.339 e. The molecule has 4 nitrogen and oxygen atoms in total. The number of fused-ring (bicyclic) bond motifs is 2. The fourth-order valence-electron chi connectivity index (χ4n) is 2.83. The molecule has 0 atom stereocenters. The average Bonchev–Trinajstić information content (AvgIpc) is 3.03.